The molecule has 8 heteroatoms. The first kappa shape index (κ1) is 15.9. The molecule has 0 saturated carbocycles. The average Bonchev–Trinajstić information content (AvgIpc) is 2.36. The summed E-state index contributed by atoms with van der Waals surface area (Å²) >= 11 is 0. The number of piperidine rings is 1. The Morgan fingerprint density at radius 1 is 1.05 bits per heavy atom. The Morgan fingerprint density at radius 3 is 1.85 bits per heavy atom. The minimum atomic E-state index is -1.25. The van der Waals surface area contributed by atoms with Crippen molar-refractivity contribution in [2.24, 2.45) is 5.92 Å². The van der Waals surface area contributed by atoms with Crippen LogP contribution in [0.1, 0.15) is 19.8 Å². The highest BCUT2D eigenvalue weighted by molar-refractivity contribution is 5.86. The van der Waals surface area contributed by atoms with E-state index < -0.39 is 36.9 Å². The molecule has 112 valence electrons. The van der Waals surface area contributed by atoms with E-state index in [1.807, 2.05) is 0 Å². The lowest BCUT2D eigenvalue weighted by molar-refractivity contribution is -0.152. The number of carbonyl (C=O) groups is 4. The molecule has 1 heterocycles. The van der Waals surface area contributed by atoms with Crippen molar-refractivity contribution in [3.8, 4) is 0 Å². The summed E-state index contributed by atoms with van der Waals surface area (Å²) in [6, 6.07) is 0. The molecule has 0 bridgehead atoms. The number of hydrogen-bond acceptors (Lipinski definition) is 4. The maximum Gasteiger partial charge on any atom is 0.323 e. The number of amides is 2. The van der Waals surface area contributed by atoms with Crippen molar-refractivity contribution in [2.45, 2.75) is 19.8 Å². The van der Waals surface area contributed by atoms with Gasteiger partial charge in [-0.1, -0.05) is 0 Å². The van der Waals surface area contributed by atoms with E-state index in [1.54, 1.807) is 4.90 Å². The lowest BCUT2D eigenvalue weighted by Gasteiger charge is -2.32. The molecule has 0 aromatic rings. The van der Waals surface area contributed by atoms with Gasteiger partial charge in [0.2, 0.25) is 11.8 Å². The molecular formula is C12H18N2O6. The molecule has 1 saturated heterocycles. The van der Waals surface area contributed by atoms with Crippen molar-refractivity contribution >= 4 is 23.8 Å². The zero-order chi connectivity index (χ0) is 15.3. The molecule has 1 aliphatic rings. The summed E-state index contributed by atoms with van der Waals surface area (Å²) in [5.41, 5.74) is 0. The molecule has 1 fully saturated rings. The number of hydrogen-bond donors (Lipinski definition) is 2. The highest BCUT2D eigenvalue weighted by Gasteiger charge is 2.31. The first-order chi connectivity index (χ1) is 9.31. The summed E-state index contributed by atoms with van der Waals surface area (Å²) in [4.78, 5) is 47.1. The maximum atomic E-state index is 12.1. The maximum absolute atomic E-state index is 12.1. The standard InChI is InChI=1S/C12H18N2O6/c1-8(15)13-4-2-9(3-5-13)12(20)14(6-10(16)17)7-11(18)19/h9H,2-7H2,1H3,(H,16,17)(H,18,19). The third kappa shape index (κ3) is 4.52. The smallest absolute Gasteiger partial charge is 0.323 e. The topological polar surface area (TPSA) is 115 Å². The first-order valence-corrected chi connectivity index (χ1v) is 6.29. The molecule has 2 N–H and O–H groups in total. The Morgan fingerprint density at radius 2 is 1.50 bits per heavy atom. The van der Waals surface area contributed by atoms with Crippen molar-refractivity contribution in [2.75, 3.05) is 26.2 Å². The van der Waals surface area contributed by atoms with Gasteiger partial charge in [-0.2, -0.15) is 0 Å². The van der Waals surface area contributed by atoms with Gasteiger partial charge in [0.15, 0.2) is 0 Å². The fourth-order valence-corrected chi connectivity index (χ4v) is 2.24. The Labute approximate surface area is 116 Å². The zero-order valence-corrected chi connectivity index (χ0v) is 11.2. The van der Waals surface area contributed by atoms with Gasteiger partial charge in [-0.05, 0) is 12.8 Å². The van der Waals surface area contributed by atoms with E-state index in [-0.39, 0.29) is 5.91 Å². The van der Waals surface area contributed by atoms with Crippen molar-refractivity contribution in [1.82, 2.24) is 9.80 Å². The molecule has 0 spiro atoms. The Hall–Kier alpha value is -2.12. The number of carboxylic acids is 2. The van der Waals surface area contributed by atoms with Crippen LogP contribution in [-0.2, 0) is 19.2 Å². The second-order valence-corrected chi connectivity index (χ2v) is 4.76. The van der Waals surface area contributed by atoms with Gasteiger partial charge < -0.3 is 20.0 Å². The zero-order valence-electron chi connectivity index (χ0n) is 11.2. The van der Waals surface area contributed by atoms with E-state index in [0.29, 0.717) is 25.9 Å². The lowest BCUT2D eigenvalue weighted by atomic mass is 9.95. The van der Waals surface area contributed by atoms with Crippen molar-refractivity contribution in [3.63, 3.8) is 0 Å². The number of aliphatic carboxylic acids is 2. The van der Waals surface area contributed by atoms with Crippen LogP contribution >= 0.6 is 0 Å². The summed E-state index contributed by atoms with van der Waals surface area (Å²) in [7, 11) is 0. The van der Waals surface area contributed by atoms with Gasteiger partial charge >= 0.3 is 11.9 Å². The molecule has 0 aromatic carbocycles. The summed E-state index contributed by atoms with van der Waals surface area (Å²) in [6.07, 6.45) is 0.850. The van der Waals surface area contributed by atoms with E-state index >= 15 is 0 Å². The Balaban J connectivity index is 2.63. The molecule has 0 radical (unpaired) electrons. The van der Waals surface area contributed by atoms with E-state index in [9.17, 15) is 19.2 Å². The number of likely N-dealkylation sites (tertiary alicyclic amines) is 1. The van der Waals surface area contributed by atoms with Crippen LogP contribution in [0.15, 0.2) is 0 Å². The number of nitrogens with zero attached hydrogens (tertiary/aromatic N) is 2. The van der Waals surface area contributed by atoms with Gasteiger partial charge in [0.25, 0.3) is 0 Å². The van der Waals surface area contributed by atoms with Gasteiger partial charge in [0.05, 0.1) is 0 Å². The van der Waals surface area contributed by atoms with Crippen LogP contribution < -0.4 is 0 Å². The molecule has 8 nitrogen and oxygen atoms in total. The predicted molar refractivity (Wildman–Crippen MR) is 66.8 cm³/mol. The molecule has 0 aromatic heterocycles. The van der Waals surface area contributed by atoms with Gasteiger partial charge in [-0.3, -0.25) is 19.2 Å². The van der Waals surface area contributed by atoms with Crippen LogP contribution in [0.25, 0.3) is 0 Å². The van der Waals surface area contributed by atoms with Crippen molar-refractivity contribution in [3.05, 3.63) is 0 Å². The van der Waals surface area contributed by atoms with Crippen LogP contribution in [0.3, 0.4) is 0 Å². The minimum Gasteiger partial charge on any atom is -0.480 e. The fourth-order valence-electron chi connectivity index (χ4n) is 2.24. The third-order valence-corrected chi connectivity index (χ3v) is 3.25. The average molecular weight is 286 g/mol. The number of carboxylic acid groups (broad SMARTS) is 2. The summed E-state index contributed by atoms with van der Waals surface area (Å²) in [5, 5.41) is 17.4. The molecule has 1 aliphatic heterocycles. The number of carbonyl (C=O) groups excluding carboxylic acids is 2. The molecule has 0 unspecified atom stereocenters. The molecular weight excluding hydrogens is 268 g/mol. The van der Waals surface area contributed by atoms with E-state index in [2.05, 4.69) is 0 Å². The molecule has 2 amide bonds. The van der Waals surface area contributed by atoms with Gasteiger partial charge in [0.1, 0.15) is 13.1 Å². The highest BCUT2D eigenvalue weighted by atomic mass is 16.4. The van der Waals surface area contributed by atoms with E-state index in [4.69, 9.17) is 10.2 Å². The van der Waals surface area contributed by atoms with Crippen LogP contribution in [0.4, 0.5) is 0 Å². The van der Waals surface area contributed by atoms with Crippen molar-refractivity contribution in [1.29, 1.82) is 0 Å². The third-order valence-electron chi connectivity index (χ3n) is 3.25. The summed E-state index contributed by atoms with van der Waals surface area (Å²) in [5.74, 6) is -3.47. The lowest BCUT2D eigenvalue weighted by Crippen LogP contribution is -2.46. The second-order valence-electron chi connectivity index (χ2n) is 4.76. The minimum absolute atomic E-state index is 0.0659. The predicted octanol–water partition coefficient (Wildman–Crippen LogP) is -0.757. The van der Waals surface area contributed by atoms with Gasteiger partial charge in [0, 0.05) is 25.9 Å². The monoisotopic (exact) mass is 286 g/mol. The summed E-state index contributed by atoms with van der Waals surface area (Å²) < 4.78 is 0. The molecule has 1 rings (SSSR count). The van der Waals surface area contributed by atoms with Crippen molar-refractivity contribution < 1.29 is 29.4 Å². The SMILES string of the molecule is CC(=O)N1CCC(C(=O)N(CC(=O)O)CC(=O)O)CC1. The van der Waals surface area contributed by atoms with E-state index in [0.717, 1.165) is 4.90 Å². The summed E-state index contributed by atoms with van der Waals surface area (Å²) in [6.45, 7) is 1.05. The normalized spacial score (nSPS) is 15.8. The molecule has 20 heavy (non-hydrogen) atoms. The van der Waals surface area contributed by atoms with Gasteiger partial charge in [-0.15, -0.1) is 0 Å². The Bertz CT molecular complexity index is 398. The van der Waals surface area contributed by atoms with Gasteiger partial charge in [-0.25, -0.2) is 0 Å². The van der Waals surface area contributed by atoms with Crippen LogP contribution in [0.2, 0.25) is 0 Å². The van der Waals surface area contributed by atoms with Crippen LogP contribution in [0, 0.1) is 5.92 Å². The first-order valence-electron chi connectivity index (χ1n) is 6.29. The second kappa shape index (κ2) is 6.88. The highest BCUT2D eigenvalue weighted by Crippen LogP contribution is 2.19. The molecule has 0 atom stereocenters. The quantitative estimate of drug-likeness (QED) is 0.686. The fraction of sp³-hybridized carbons (Fsp3) is 0.667. The Kier molecular flexibility index (Phi) is 5.48. The molecule has 0 aliphatic carbocycles. The largest absolute Gasteiger partial charge is 0.480 e. The van der Waals surface area contributed by atoms with E-state index in [1.165, 1.54) is 6.92 Å². The van der Waals surface area contributed by atoms with Crippen LogP contribution in [-0.4, -0.2) is 69.9 Å². The number of rotatable bonds is 5. The van der Waals surface area contributed by atoms with Crippen LogP contribution in [0.5, 0.6) is 0 Å².